The van der Waals surface area contributed by atoms with E-state index >= 15 is 0 Å². The largest absolute Gasteiger partial charge is 0.292 e. The van der Waals surface area contributed by atoms with Gasteiger partial charge in [-0.3, -0.25) is 9.78 Å². The van der Waals surface area contributed by atoms with Crippen molar-refractivity contribution in [1.82, 2.24) is 4.98 Å². The lowest BCUT2D eigenvalue weighted by Gasteiger charge is -2.05. The average molecular weight is 177 g/mol. The second-order valence-electron chi connectivity index (χ2n) is 3.36. The zero-order valence-corrected chi connectivity index (χ0v) is 8.16. The summed E-state index contributed by atoms with van der Waals surface area (Å²) in [5.74, 6) is 0.601. The van der Waals surface area contributed by atoms with Gasteiger partial charge in [-0.05, 0) is 18.1 Å². The van der Waals surface area contributed by atoms with E-state index in [4.69, 9.17) is 0 Å². The molecule has 0 spiro atoms. The molecule has 0 fully saturated rings. The molecule has 0 unspecified atom stereocenters. The molecular formula is C11H15NO. The first-order valence-electron chi connectivity index (χ1n) is 4.68. The van der Waals surface area contributed by atoms with Gasteiger partial charge in [0, 0.05) is 12.6 Å². The molecule has 0 radical (unpaired) electrons. The molecule has 0 aliphatic rings. The Bertz CT molecular complexity index is 269. The van der Waals surface area contributed by atoms with Crippen molar-refractivity contribution >= 4 is 5.78 Å². The van der Waals surface area contributed by atoms with Crippen molar-refractivity contribution in [3.05, 3.63) is 30.1 Å². The minimum absolute atomic E-state index is 0.148. The molecule has 0 saturated heterocycles. The molecule has 0 saturated carbocycles. The highest BCUT2D eigenvalue weighted by atomic mass is 16.1. The smallest absolute Gasteiger partial charge is 0.181 e. The van der Waals surface area contributed by atoms with E-state index in [1.807, 2.05) is 12.1 Å². The van der Waals surface area contributed by atoms with Crippen molar-refractivity contribution in [3.63, 3.8) is 0 Å². The third-order valence-corrected chi connectivity index (χ3v) is 2.18. The Morgan fingerprint density at radius 1 is 1.54 bits per heavy atom. The van der Waals surface area contributed by atoms with Gasteiger partial charge < -0.3 is 0 Å². The van der Waals surface area contributed by atoms with Crippen LogP contribution in [0.25, 0.3) is 0 Å². The lowest BCUT2D eigenvalue weighted by molar-refractivity contribution is 0.0959. The quantitative estimate of drug-likeness (QED) is 0.662. The summed E-state index contributed by atoms with van der Waals surface area (Å²) < 4.78 is 0. The standard InChI is InChI=1S/C11H15NO/c1-3-9(2)8-11(13)10-6-4-5-7-12-10/h4-7,9H,3,8H2,1-2H3/t9-/m1/s1. The summed E-state index contributed by atoms with van der Waals surface area (Å²) in [5, 5.41) is 0. The van der Waals surface area contributed by atoms with Gasteiger partial charge in [-0.1, -0.05) is 26.3 Å². The zero-order chi connectivity index (χ0) is 9.68. The van der Waals surface area contributed by atoms with Crippen LogP contribution in [0.5, 0.6) is 0 Å². The maximum Gasteiger partial charge on any atom is 0.181 e. The molecule has 2 nitrogen and oxygen atoms in total. The molecule has 1 atom stereocenters. The van der Waals surface area contributed by atoms with Crippen LogP contribution >= 0.6 is 0 Å². The number of aromatic nitrogens is 1. The van der Waals surface area contributed by atoms with Crippen LogP contribution in [0, 0.1) is 5.92 Å². The lowest BCUT2D eigenvalue weighted by Crippen LogP contribution is -2.06. The number of carbonyl (C=O) groups excluding carboxylic acids is 1. The van der Waals surface area contributed by atoms with Crippen LogP contribution < -0.4 is 0 Å². The molecule has 0 bridgehead atoms. The van der Waals surface area contributed by atoms with Gasteiger partial charge in [-0.2, -0.15) is 0 Å². The molecule has 1 rings (SSSR count). The highest BCUT2D eigenvalue weighted by Crippen LogP contribution is 2.10. The van der Waals surface area contributed by atoms with Crippen LogP contribution in [0.1, 0.15) is 37.2 Å². The first-order chi connectivity index (χ1) is 6.24. The molecular weight excluding hydrogens is 162 g/mol. The van der Waals surface area contributed by atoms with Gasteiger partial charge in [0.25, 0.3) is 0 Å². The molecule has 2 heteroatoms. The van der Waals surface area contributed by atoms with Gasteiger partial charge in [-0.15, -0.1) is 0 Å². The number of pyridine rings is 1. The van der Waals surface area contributed by atoms with Crippen LogP contribution in [0.4, 0.5) is 0 Å². The number of Topliss-reactive ketones (excluding diaryl/α,β-unsaturated/α-hetero) is 1. The third-order valence-electron chi connectivity index (χ3n) is 2.18. The van der Waals surface area contributed by atoms with Crippen LogP contribution in [0.15, 0.2) is 24.4 Å². The molecule has 70 valence electrons. The molecule has 0 aliphatic carbocycles. The fraction of sp³-hybridized carbons (Fsp3) is 0.455. The van der Waals surface area contributed by atoms with Gasteiger partial charge in [-0.25, -0.2) is 0 Å². The Kier molecular flexibility index (Phi) is 3.62. The molecule has 0 N–H and O–H groups in total. The summed E-state index contributed by atoms with van der Waals surface area (Å²) in [6, 6.07) is 5.43. The van der Waals surface area contributed by atoms with Crippen molar-refractivity contribution in [3.8, 4) is 0 Å². The Morgan fingerprint density at radius 2 is 2.31 bits per heavy atom. The van der Waals surface area contributed by atoms with Crippen molar-refractivity contribution in [2.75, 3.05) is 0 Å². The van der Waals surface area contributed by atoms with Crippen molar-refractivity contribution < 1.29 is 4.79 Å². The van der Waals surface area contributed by atoms with Crippen molar-refractivity contribution in [2.24, 2.45) is 5.92 Å². The maximum absolute atomic E-state index is 11.6. The summed E-state index contributed by atoms with van der Waals surface area (Å²) in [4.78, 5) is 15.6. The Hall–Kier alpha value is -1.18. The first-order valence-corrected chi connectivity index (χ1v) is 4.68. The topological polar surface area (TPSA) is 30.0 Å². The number of hydrogen-bond donors (Lipinski definition) is 0. The summed E-state index contributed by atoms with van der Waals surface area (Å²) in [6.07, 6.45) is 3.30. The van der Waals surface area contributed by atoms with Crippen LogP contribution in [0.3, 0.4) is 0 Å². The molecule has 0 amide bonds. The second-order valence-corrected chi connectivity index (χ2v) is 3.36. The number of rotatable bonds is 4. The number of ketones is 1. The van der Waals surface area contributed by atoms with Crippen LogP contribution in [-0.4, -0.2) is 10.8 Å². The Labute approximate surface area is 79.0 Å². The third kappa shape index (κ3) is 2.98. The summed E-state index contributed by atoms with van der Waals surface area (Å²) >= 11 is 0. The molecule has 1 heterocycles. The molecule has 0 aromatic carbocycles. The minimum Gasteiger partial charge on any atom is -0.292 e. The first kappa shape index (κ1) is 9.90. The molecule has 1 aromatic heterocycles. The van der Waals surface area contributed by atoms with E-state index < -0.39 is 0 Å². The monoisotopic (exact) mass is 177 g/mol. The van der Waals surface area contributed by atoms with E-state index in [1.165, 1.54) is 0 Å². The minimum atomic E-state index is 0.148. The second kappa shape index (κ2) is 4.75. The Balaban J connectivity index is 2.59. The summed E-state index contributed by atoms with van der Waals surface area (Å²) in [6.45, 7) is 4.18. The molecule has 1 aromatic rings. The van der Waals surface area contributed by atoms with E-state index in [1.54, 1.807) is 12.3 Å². The van der Waals surface area contributed by atoms with Gasteiger partial charge >= 0.3 is 0 Å². The summed E-state index contributed by atoms with van der Waals surface area (Å²) in [5.41, 5.74) is 0.586. The summed E-state index contributed by atoms with van der Waals surface area (Å²) in [7, 11) is 0. The molecule has 0 aliphatic heterocycles. The maximum atomic E-state index is 11.6. The van der Waals surface area contributed by atoms with Gasteiger partial charge in [0.2, 0.25) is 0 Å². The number of carbonyl (C=O) groups is 1. The van der Waals surface area contributed by atoms with Crippen molar-refractivity contribution in [2.45, 2.75) is 26.7 Å². The molecule has 13 heavy (non-hydrogen) atoms. The number of hydrogen-bond acceptors (Lipinski definition) is 2. The van der Waals surface area contributed by atoms with E-state index in [-0.39, 0.29) is 5.78 Å². The van der Waals surface area contributed by atoms with Crippen molar-refractivity contribution in [1.29, 1.82) is 0 Å². The highest BCUT2D eigenvalue weighted by Gasteiger charge is 2.09. The van der Waals surface area contributed by atoms with Gasteiger partial charge in [0.05, 0.1) is 0 Å². The van der Waals surface area contributed by atoms with E-state index in [2.05, 4.69) is 18.8 Å². The van der Waals surface area contributed by atoms with Crippen LogP contribution in [0.2, 0.25) is 0 Å². The fourth-order valence-electron chi connectivity index (χ4n) is 1.09. The average Bonchev–Trinajstić information content (AvgIpc) is 2.19. The van der Waals surface area contributed by atoms with E-state index in [0.29, 0.717) is 18.0 Å². The SMILES string of the molecule is CC[C@@H](C)CC(=O)c1ccccn1. The predicted molar refractivity (Wildman–Crippen MR) is 52.6 cm³/mol. The van der Waals surface area contributed by atoms with E-state index in [9.17, 15) is 4.79 Å². The van der Waals surface area contributed by atoms with Gasteiger partial charge in [0.1, 0.15) is 5.69 Å². The Morgan fingerprint density at radius 3 is 2.85 bits per heavy atom. The lowest BCUT2D eigenvalue weighted by atomic mass is 10.0. The fourth-order valence-corrected chi connectivity index (χ4v) is 1.09. The van der Waals surface area contributed by atoms with E-state index in [0.717, 1.165) is 6.42 Å². The predicted octanol–water partition coefficient (Wildman–Crippen LogP) is 2.70. The number of nitrogens with zero attached hydrogens (tertiary/aromatic N) is 1. The normalized spacial score (nSPS) is 12.5. The highest BCUT2D eigenvalue weighted by molar-refractivity contribution is 5.94. The van der Waals surface area contributed by atoms with Gasteiger partial charge in [0.15, 0.2) is 5.78 Å². The zero-order valence-electron chi connectivity index (χ0n) is 8.16. The van der Waals surface area contributed by atoms with Crippen LogP contribution in [-0.2, 0) is 0 Å².